The first kappa shape index (κ1) is 48.7. The zero-order valence-corrected chi connectivity index (χ0v) is 39.9. The van der Waals surface area contributed by atoms with Crippen molar-refractivity contribution in [3.8, 4) is 11.5 Å². The standard InChI is InChI=1S/C52H54N5O11P/c1-34(2)67-69(60,68-35(3)4)33-63-46-45(66-51(59)37-18-12-8-13-19-37)43(65-50(46)57-32-55-44-47(53-31-54-48(44)57)56-49(58)36-16-10-7-11-17-36)30-64-52(38-20-14-9-15-21-38,39-22-26-41(61-5)27-23-39)40-24-28-42(62-6)29-25-40/h7-29,31-32,34-35,43,45-46,50H,30,33H2,1-6H3,(H,53,54,56,58)/t43-,45-,46-,50-/m1/s1. The van der Waals surface area contributed by atoms with Crippen LogP contribution in [0.25, 0.3) is 11.2 Å². The van der Waals surface area contributed by atoms with Crippen molar-refractivity contribution in [2.75, 3.05) is 32.5 Å². The lowest BCUT2D eigenvalue weighted by Crippen LogP contribution is -2.42. The van der Waals surface area contributed by atoms with Crippen LogP contribution in [-0.2, 0) is 38.2 Å². The zero-order valence-electron chi connectivity index (χ0n) is 39.0. The van der Waals surface area contributed by atoms with Gasteiger partial charge in [0.05, 0.1) is 44.9 Å². The molecule has 2 aromatic heterocycles. The Kier molecular flexibility index (Phi) is 15.3. The van der Waals surface area contributed by atoms with Gasteiger partial charge >= 0.3 is 13.6 Å². The lowest BCUT2D eigenvalue weighted by molar-refractivity contribution is -0.0967. The predicted molar refractivity (Wildman–Crippen MR) is 257 cm³/mol. The maximum Gasteiger partial charge on any atom is 0.356 e. The summed E-state index contributed by atoms with van der Waals surface area (Å²) in [6.07, 6.45) is -3.52. The number of carbonyl (C=O) groups is 2. The number of hydrogen-bond acceptors (Lipinski definition) is 14. The number of nitrogens with one attached hydrogen (secondary N) is 1. The van der Waals surface area contributed by atoms with Crippen molar-refractivity contribution in [3.05, 3.63) is 180 Å². The summed E-state index contributed by atoms with van der Waals surface area (Å²) in [4.78, 5) is 41.2. The zero-order chi connectivity index (χ0) is 48.5. The summed E-state index contributed by atoms with van der Waals surface area (Å²) in [5.41, 5.74) is 2.14. The van der Waals surface area contributed by atoms with Crippen LogP contribution in [0.4, 0.5) is 5.82 Å². The van der Waals surface area contributed by atoms with Gasteiger partial charge in [-0.2, -0.15) is 0 Å². The molecule has 0 unspecified atom stereocenters. The number of anilines is 1. The molecule has 0 radical (unpaired) electrons. The highest BCUT2D eigenvalue weighted by atomic mass is 31.2. The van der Waals surface area contributed by atoms with Gasteiger partial charge in [0.15, 0.2) is 29.3 Å². The molecule has 3 heterocycles. The maximum absolute atomic E-state index is 14.5. The number of carbonyl (C=O) groups excluding carboxylic acids is 2. The van der Waals surface area contributed by atoms with Crippen LogP contribution in [0.15, 0.2) is 152 Å². The number of fused-ring (bicyclic) bond motifs is 1. The van der Waals surface area contributed by atoms with Crippen molar-refractivity contribution in [1.82, 2.24) is 19.5 Å². The third kappa shape index (κ3) is 10.9. The third-order valence-electron chi connectivity index (χ3n) is 11.2. The number of benzene rings is 5. The number of ether oxygens (including phenoxy) is 6. The molecule has 1 N–H and O–H groups in total. The van der Waals surface area contributed by atoms with Crippen LogP contribution in [0, 0.1) is 0 Å². The maximum atomic E-state index is 14.5. The van der Waals surface area contributed by atoms with E-state index in [1.165, 1.54) is 12.7 Å². The monoisotopic (exact) mass is 955 g/mol. The molecule has 0 aliphatic carbocycles. The second kappa shape index (κ2) is 21.7. The number of rotatable bonds is 20. The molecule has 0 spiro atoms. The van der Waals surface area contributed by atoms with Crippen LogP contribution in [-0.4, -0.2) is 89.1 Å². The number of nitrogens with zero attached hydrogens (tertiary/aromatic N) is 4. The average molecular weight is 956 g/mol. The van der Waals surface area contributed by atoms with E-state index < -0.39 is 68.2 Å². The molecule has 0 saturated carbocycles. The van der Waals surface area contributed by atoms with Crippen LogP contribution in [0.5, 0.6) is 11.5 Å². The van der Waals surface area contributed by atoms with E-state index in [2.05, 4.69) is 20.3 Å². The van der Waals surface area contributed by atoms with Gasteiger partial charge in [-0.05, 0) is 92.9 Å². The molecule has 7 aromatic rings. The molecule has 8 rings (SSSR count). The van der Waals surface area contributed by atoms with Crippen LogP contribution in [0.2, 0.25) is 0 Å². The molecular formula is C52H54N5O11P. The first-order valence-corrected chi connectivity index (χ1v) is 24.2. The second-order valence-corrected chi connectivity index (χ2v) is 18.6. The Morgan fingerprint density at radius 3 is 1.78 bits per heavy atom. The number of aromatic nitrogens is 4. The number of methoxy groups -OCH3 is 2. The quantitative estimate of drug-likeness (QED) is 0.0433. The van der Waals surface area contributed by atoms with Crippen molar-refractivity contribution in [3.63, 3.8) is 0 Å². The van der Waals surface area contributed by atoms with E-state index in [0.29, 0.717) is 17.1 Å². The summed E-state index contributed by atoms with van der Waals surface area (Å²) in [5, 5.41) is 2.84. The molecule has 16 nitrogen and oxygen atoms in total. The van der Waals surface area contributed by atoms with Crippen molar-refractivity contribution >= 4 is 36.5 Å². The summed E-state index contributed by atoms with van der Waals surface area (Å²) in [5.74, 6) is 0.346. The van der Waals surface area contributed by atoms with Crippen LogP contribution < -0.4 is 14.8 Å². The Bertz CT molecular complexity index is 2790. The molecule has 1 fully saturated rings. The van der Waals surface area contributed by atoms with E-state index in [1.807, 2.05) is 84.9 Å². The minimum atomic E-state index is -3.97. The van der Waals surface area contributed by atoms with Gasteiger partial charge in [-0.25, -0.2) is 19.7 Å². The Balaban J connectivity index is 1.26. The van der Waals surface area contributed by atoms with Gasteiger partial charge in [0, 0.05) is 5.56 Å². The smallest absolute Gasteiger partial charge is 0.356 e. The lowest BCUT2D eigenvalue weighted by atomic mass is 9.80. The molecule has 1 aliphatic rings. The Hall–Kier alpha value is -6.78. The summed E-state index contributed by atoms with van der Waals surface area (Å²) in [6, 6.07) is 42.1. The lowest BCUT2D eigenvalue weighted by Gasteiger charge is -2.37. The average Bonchev–Trinajstić information content (AvgIpc) is 3.95. The van der Waals surface area contributed by atoms with Crippen molar-refractivity contribution in [1.29, 1.82) is 0 Å². The molecule has 1 amide bonds. The van der Waals surface area contributed by atoms with Crippen LogP contribution in [0.1, 0.15) is 71.3 Å². The van der Waals surface area contributed by atoms with Gasteiger partial charge < -0.3 is 42.8 Å². The van der Waals surface area contributed by atoms with E-state index in [1.54, 1.807) is 101 Å². The molecule has 0 bridgehead atoms. The molecule has 5 aromatic carbocycles. The first-order chi connectivity index (χ1) is 33.4. The highest BCUT2D eigenvalue weighted by Gasteiger charge is 2.52. The summed E-state index contributed by atoms with van der Waals surface area (Å²) >= 11 is 0. The van der Waals surface area contributed by atoms with Crippen molar-refractivity contribution in [2.45, 2.75) is 70.0 Å². The topological polar surface area (TPSA) is 181 Å². The van der Waals surface area contributed by atoms with E-state index in [0.717, 1.165) is 16.7 Å². The van der Waals surface area contributed by atoms with Gasteiger partial charge in [0.1, 0.15) is 42.0 Å². The molecule has 1 saturated heterocycles. The minimum Gasteiger partial charge on any atom is -0.497 e. The van der Waals surface area contributed by atoms with Gasteiger partial charge in [0.25, 0.3) is 5.91 Å². The van der Waals surface area contributed by atoms with E-state index >= 15 is 0 Å². The van der Waals surface area contributed by atoms with Crippen LogP contribution >= 0.6 is 7.60 Å². The fraction of sp³-hybridized carbons (Fsp3) is 0.288. The Morgan fingerprint density at radius 2 is 1.23 bits per heavy atom. The Labute approximate surface area is 400 Å². The highest BCUT2D eigenvalue weighted by molar-refractivity contribution is 7.53. The van der Waals surface area contributed by atoms with Gasteiger partial charge in [-0.15, -0.1) is 0 Å². The largest absolute Gasteiger partial charge is 0.497 e. The summed E-state index contributed by atoms with van der Waals surface area (Å²) in [7, 11) is -0.771. The fourth-order valence-corrected chi connectivity index (χ4v) is 10.0. The summed E-state index contributed by atoms with van der Waals surface area (Å²) < 4.78 is 66.5. The number of imidazole rings is 1. The summed E-state index contributed by atoms with van der Waals surface area (Å²) in [6.45, 7) is 6.76. The SMILES string of the molecule is COc1ccc(C(OC[C@H]2O[C@@H](n3cnc4c(NC(=O)c5ccccc5)ncnc43)[C@H](OCP(=O)(OC(C)C)OC(C)C)[C@@H]2OC(=O)c2ccccc2)(c2ccccc2)c2ccc(OC)cc2)cc1. The first-order valence-electron chi connectivity index (χ1n) is 22.4. The number of esters is 1. The van der Waals surface area contributed by atoms with Crippen LogP contribution in [0.3, 0.4) is 0 Å². The van der Waals surface area contributed by atoms with Crippen molar-refractivity contribution in [2.24, 2.45) is 0 Å². The molecule has 4 atom stereocenters. The minimum absolute atomic E-state index is 0.141. The Morgan fingerprint density at radius 1 is 0.696 bits per heavy atom. The van der Waals surface area contributed by atoms with Gasteiger partial charge in [-0.1, -0.05) is 91.0 Å². The normalized spacial score (nSPS) is 17.3. The molecular weight excluding hydrogens is 902 g/mol. The number of amides is 1. The van der Waals surface area contributed by atoms with E-state index in [4.69, 9.17) is 37.5 Å². The predicted octanol–water partition coefficient (Wildman–Crippen LogP) is 9.61. The highest BCUT2D eigenvalue weighted by Crippen LogP contribution is 2.52. The molecule has 17 heteroatoms. The number of hydrogen-bond donors (Lipinski definition) is 1. The van der Waals surface area contributed by atoms with Crippen molar-refractivity contribution < 1.29 is 51.6 Å². The van der Waals surface area contributed by atoms with Gasteiger partial charge in [0.2, 0.25) is 0 Å². The van der Waals surface area contributed by atoms with Gasteiger partial charge in [-0.3, -0.25) is 13.9 Å². The fourth-order valence-electron chi connectivity index (χ4n) is 8.24. The second-order valence-electron chi connectivity index (χ2n) is 16.7. The molecule has 358 valence electrons. The van der Waals surface area contributed by atoms with E-state index in [-0.39, 0.29) is 29.2 Å². The third-order valence-corrected chi connectivity index (χ3v) is 13.2. The molecule has 69 heavy (non-hydrogen) atoms. The molecule has 1 aliphatic heterocycles. The van der Waals surface area contributed by atoms with E-state index in [9.17, 15) is 14.2 Å².